The summed E-state index contributed by atoms with van der Waals surface area (Å²) in [6, 6.07) is 0. The Hall–Kier alpha value is -2.59. The largest absolute Gasteiger partial charge is 0.472 e. The summed E-state index contributed by atoms with van der Waals surface area (Å²) in [7, 11) is 1.40. The number of quaternary nitrogens is 1. The highest BCUT2D eigenvalue weighted by atomic mass is 31.2. The molecule has 0 saturated carbocycles. The van der Waals surface area contributed by atoms with Crippen LogP contribution in [0.4, 0.5) is 0 Å². The number of esters is 2. The average Bonchev–Trinajstić information content (AvgIpc) is 3.21. The minimum atomic E-state index is -4.41. The molecule has 0 aromatic rings. The number of hydrogen-bond donors (Lipinski definition) is 2. The first-order valence-corrected chi connectivity index (χ1v) is 25.3. The van der Waals surface area contributed by atoms with Crippen molar-refractivity contribution in [2.24, 2.45) is 0 Å². The Morgan fingerprint density at radius 3 is 1.75 bits per heavy atom. The summed E-state index contributed by atoms with van der Waals surface area (Å²) in [6.45, 7) is 4.09. The molecule has 0 rings (SSSR count). The van der Waals surface area contributed by atoms with E-state index in [0.29, 0.717) is 30.3 Å². The zero-order valence-electron chi connectivity index (χ0n) is 39.2. The number of rotatable bonds is 42. The van der Waals surface area contributed by atoms with Crippen LogP contribution in [0.2, 0.25) is 0 Å². The molecule has 0 aromatic heterocycles. The van der Waals surface area contributed by atoms with E-state index >= 15 is 0 Å². The SMILES string of the molecule is CC/C=C\C(O)C/C=C/C=C\C/C=C\C/C=C\CCCC(=O)O[C@H](COC(=O)CCCCCCCCCCC/C=C\CCCCCCCC)COP(=O)(O)OCC[N+](C)(C)C. The molecule has 11 heteroatoms. The molecule has 10 nitrogen and oxygen atoms in total. The van der Waals surface area contributed by atoms with Crippen molar-refractivity contribution in [2.75, 3.05) is 47.5 Å². The van der Waals surface area contributed by atoms with Gasteiger partial charge in [-0.2, -0.15) is 0 Å². The zero-order valence-corrected chi connectivity index (χ0v) is 40.1. The molecular weight excluding hydrogens is 790 g/mol. The van der Waals surface area contributed by atoms with Gasteiger partial charge in [0.15, 0.2) is 6.10 Å². The van der Waals surface area contributed by atoms with Crippen LogP contribution in [0.25, 0.3) is 0 Å². The Bertz CT molecular complexity index is 1280. The molecule has 0 spiro atoms. The molecule has 0 heterocycles. The van der Waals surface area contributed by atoms with E-state index in [1.165, 1.54) is 83.5 Å². The number of carbonyl (C=O) groups is 2. The fourth-order valence-corrected chi connectivity index (χ4v) is 6.81. The second-order valence-electron chi connectivity index (χ2n) is 17.0. The first-order valence-electron chi connectivity index (χ1n) is 23.8. The third-order valence-electron chi connectivity index (χ3n) is 9.80. The third kappa shape index (κ3) is 45.3. The molecule has 2 unspecified atom stereocenters. The van der Waals surface area contributed by atoms with Crippen LogP contribution in [0.15, 0.2) is 72.9 Å². The summed E-state index contributed by atoms with van der Waals surface area (Å²) < 4.78 is 34.3. The molecule has 0 amide bonds. The van der Waals surface area contributed by atoms with Gasteiger partial charge < -0.3 is 24.0 Å². The number of hydrogen-bond acceptors (Lipinski definition) is 8. The second-order valence-corrected chi connectivity index (χ2v) is 18.4. The Labute approximate surface area is 372 Å². The highest BCUT2D eigenvalue weighted by Crippen LogP contribution is 2.43. The lowest BCUT2D eigenvalue weighted by molar-refractivity contribution is -0.870. The molecule has 0 aliphatic heterocycles. The quantitative estimate of drug-likeness (QED) is 0.0154. The molecule has 0 aliphatic carbocycles. The molecule has 3 atom stereocenters. The fourth-order valence-electron chi connectivity index (χ4n) is 6.06. The smallest absolute Gasteiger partial charge is 0.462 e. The summed E-state index contributed by atoms with van der Waals surface area (Å²) >= 11 is 0. The van der Waals surface area contributed by atoms with E-state index in [9.17, 15) is 24.2 Å². The number of carbonyl (C=O) groups excluding carboxylic acids is 2. The summed E-state index contributed by atoms with van der Waals surface area (Å²) in [5.74, 6) is -0.896. The van der Waals surface area contributed by atoms with E-state index in [2.05, 4.69) is 37.3 Å². The fraction of sp³-hybridized carbons (Fsp3) is 0.720. The van der Waals surface area contributed by atoms with E-state index in [1.807, 2.05) is 70.6 Å². The van der Waals surface area contributed by atoms with Gasteiger partial charge in [0.05, 0.1) is 33.9 Å². The number of likely N-dealkylation sites (N-methyl/N-ethyl adjacent to an activating group) is 1. The van der Waals surface area contributed by atoms with Gasteiger partial charge in [0.2, 0.25) is 0 Å². The molecule has 0 bridgehead atoms. The average molecular weight is 879 g/mol. The minimum absolute atomic E-state index is 0.00992. The van der Waals surface area contributed by atoms with E-state index < -0.39 is 38.6 Å². The van der Waals surface area contributed by atoms with E-state index in [0.717, 1.165) is 44.9 Å². The number of allylic oxidation sites excluding steroid dienone is 10. The van der Waals surface area contributed by atoms with E-state index in [4.69, 9.17) is 18.5 Å². The monoisotopic (exact) mass is 879 g/mol. The number of ether oxygens (including phenoxy) is 2. The lowest BCUT2D eigenvalue weighted by atomic mass is 10.1. The normalized spacial score (nSPS) is 14.7. The number of aliphatic hydroxyl groups excluding tert-OH is 1. The van der Waals surface area contributed by atoms with Gasteiger partial charge in [0, 0.05) is 12.8 Å². The number of phosphoric acid groups is 1. The Morgan fingerprint density at radius 2 is 1.13 bits per heavy atom. The molecule has 0 radical (unpaired) electrons. The van der Waals surface area contributed by atoms with Crippen molar-refractivity contribution in [2.45, 2.75) is 187 Å². The maximum Gasteiger partial charge on any atom is 0.472 e. The maximum atomic E-state index is 12.7. The third-order valence-corrected chi connectivity index (χ3v) is 10.8. The number of unbranched alkanes of at least 4 members (excludes halogenated alkanes) is 16. The van der Waals surface area contributed by atoms with Crippen LogP contribution in [0.5, 0.6) is 0 Å². The lowest BCUT2D eigenvalue weighted by Crippen LogP contribution is -2.37. The maximum absolute atomic E-state index is 12.7. The van der Waals surface area contributed by atoms with E-state index in [-0.39, 0.29) is 26.1 Å². The summed E-state index contributed by atoms with van der Waals surface area (Å²) in [5, 5.41) is 9.78. The minimum Gasteiger partial charge on any atom is -0.462 e. The molecule has 0 saturated heterocycles. The van der Waals surface area contributed by atoms with Crippen molar-refractivity contribution in [1.29, 1.82) is 0 Å². The summed E-state index contributed by atoms with van der Waals surface area (Å²) in [6.07, 6.45) is 48.7. The van der Waals surface area contributed by atoms with Crippen LogP contribution in [0, 0.1) is 0 Å². The Balaban J connectivity index is 4.43. The van der Waals surface area contributed by atoms with Gasteiger partial charge in [0.25, 0.3) is 0 Å². The molecular formula is C50H89NO9P+. The standard InChI is InChI=1S/C50H88NO9P/c1-6-8-10-11-12-13-14-15-16-17-18-19-20-21-25-28-31-34-37-41-49(53)57-45-48(46-59-61(55,56)58-44-43-51(3,4)5)60-50(54)42-38-35-32-29-26-23-22-24-27-30-33-36-40-47(52)39-9-7-2/h9,15-16,22-23,27,29-30,32-33,36,39,47-48,52H,6-8,10-14,17-21,24-26,28,31,34-35,37-38,40-46H2,1-5H3/p+1/b16-15-,23-22-,30-27-,32-29-,36-33+,39-9-/t47?,48-/m1/s1. The van der Waals surface area contributed by atoms with Crippen molar-refractivity contribution >= 4 is 19.8 Å². The van der Waals surface area contributed by atoms with Crippen LogP contribution in [0.3, 0.4) is 0 Å². The Kier molecular flexibility index (Phi) is 39.7. The predicted octanol–water partition coefficient (Wildman–Crippen LogP) is 12.8. The van der Waals surface area contributed by atoms with Crippen molar-refractivity contribution in [3.05, 3.63) is 72.9 Å². The summed E-state index contributed by atoms with van der Waals surface area (Å²) in [5.41, 5.74) is 0. The highest BCUT2D eigenvalue weighted by Gasteiger charge is 2.27. The van der Waals surface area contributed by atoms with Gasteiger partial charge in [-0.05, 0) is 70.6 Å². The van der Waals surface area contributed by atoms with Crippen LogP contribution >= 0.6 is 7.82 Å². The zero-order chi connectivity index (χ0) is 45.1. The van der Waals surface area contributed by atoms with Crippen molar-refractivity contribution in [3.63, 3.8) is 0 Å². The van der Waals surface area contributed by atoms with Crippen molar-refractivity contribution < 1.29 is 47.2 Å². The Morgan fingerprint density at radius 1 is 0.607 bits per heavy atom. The van der Waals surface area contributed by atoms with Gasteiger partial charge in [-0.25, -0.2) is 4.57 Å². The topological polar surface area (TPSA) is 129 Å². The molecule has 0 aliphatic rings. The van der Waals surface area contributed by atoms with Gasteiger partial charge in [-0.15, -0.1) is 0 Å². The summed E-state index contributed by atoms with van der Waals surface area (Å²) in [4.78, 5) is 35.4. The van der Waals surface area contributed by atoms with Gasteiger partial charge in [-0.1, -0.05) is 164 Å². The molecule has 2 N–H and O–H groups in total. The molecule has 0 aromatic carbocycles. The lowest BCUT2D eigenvalue weighted by Gasteiger charge is -2.24. The molecule has 61 heavy (non-hydrogen) atoms. The van der Waals surface area contributed by atoms with Gasteiger partial charge >= 0.3 is 19.8 Å². The van der Waals surface area contributed by atoms with Crippen molar-refractivity contribution in [1.82, 2.24) is 0 Å². The van der Waals surface area contributed by atoms with E-state index in [1.54, 1.807) is 0 Å². The molecule has 352 valence electrons. The van der Waals surface area contributed by atoms with Gasteiger partial charge in [0.1, 0.15) is 19.8 Å². The van der Waals surface area contributed by atoms with Crippen molar-refractivity contribution in [3.8, 4) is 0 Å². The van der Waals surface area contributed by atoms with Gasteiger partial charge in [-0.3, -0.25) is 18.6 Å². The van der Waals surface area contributed by atoms with Crippen LogP contribution in [0.1, 0.15) is 174 Å². The van der Waals surface area contributed by atoms with Crippen LogP contribution in [-0.4, -0.2) is 86.1 Å². The first-order chi connectivity index (χ1) is 29.4. The number of aliphatic hydroxyl groups is 1. The second kappa shape index (κ2) is 41.4. The molecule has 0 fully saturated rings. The number of nitrogens with zero attached hydrogens (tertiary/aromatic N) is 1. The van der Waals surface area contributed by atoms with Crippen LogP contribution < -0.4 is 0 Å². The number of phosphoric ester groups is 1. The highest BCUT2D eigenvalue weighted by molar-refractivity contribution is 7.47. The van der Waals surface area contributed by atoms with Crippen LogP contribution in [-0.2, 0) is 32.7 Å². The first kappa shape index (κ1) is 58.4. The predicted molar refractivity (Wildman–Crippen MR) is 253 cm³/mol.